The van der Waals surface area contributed by atoms with Crippen molar-refractivity contribution in [1.82, 2.24) is 5.32 Å². The monoisotopic (exact) mass is 396 g/mol. The molecule has 5 nitrogen and oxygen atoms in total. The molecule has 0 bridgehead atoms. The molecule has 0 unspecified atom stereocenters. The number of ether oxygens (including phenoxy) is 2. The molecule has 0 atom stereocenters. The number of halogens is 2. The lowest BCUT2D eigenvalue weighted by Gasteiger charge is -2.16. The number of rotatable bonds is 6. The number of hydrogen-bond donors (Lipinski definition) is 2. The summed E-state index contributed by atoms with van der Waals surface area (Å²) < 4.78 is 11.3. The fraction of sp³-hybridized carbons (Fsp3) is 0.316. The molecule has 140 valence electrons. The first-order valence-electron chi connectivity index (χ1n) is 8.25. The first-order valence-corrected chi connectivity index (χ1v) is 9.01. The maximum Gasteiger partial charge on any atom is 0.319 e. The van der Waals surface area contributed by atoms with Gasteiger partial charge in [-0.2, -0.15) is 0 Å². The largest absolute Gasteiger partial charge is 0.496 e. The predicted molar refractivity (Wildman–Crippen MR) is 106 cm³/mol. The van der Waals surface area contributed by atoms with E-state index in [1.807, 2.05) is 19.1 Å². The summed E-state index contributed by atoms with van der Waals surface area (Å²) >= 11 is 12.6. The molecule has 0 fully saturated rings. The molecule has 0 spiro atoms. The Balaban J connectivity index is 2.27. The average Bonchev–Trinajstić information content (AvgIpc) is 2.58. The standard InChI is InChI=1S/C19H22Cl2N2O3/c1-5-22-19(24)23-12-8-15(20)18(16(21)9-12)26-13-6-7-17(25-4)14(10-13)11(2)3/h6-11H,5H2,1-4H3,(H2,22,23,24). The van der Waals surface area contributed by atoms with Crippen LogP contribution in [0, 0.1) is 0 Å². The van der Waals surface area contributed by atoms with Gasteiger partial charge in [-0.05, 0) is 43.2 Å². The van der Waals surface area contributed by atoms with Gasteiger partial charge in [0.25, 0.3) is 0 Å². The first-order chi connectivity index (χ1) is 12.3. The Morgan fingerprint density at radius 1 is 1.15 bits per heavy atom. The summed E-state index contributed by atoms with van der Waals surface area (Å²) in [5, 5.41) is 5.89. The number of anilines is 1. The smallest absolute Gasteiger partial charge is 0.319 e. The summed E-state index contributed by atoms with van der Waals surface area (Å²) in [7, 11) is 1.63. The molecule has 0 aliphatic rings. The number of carbonyl (C=O) groups excluding carboxylic acids is 1. The summed E-state index contributed by atoms with van der Waals surface area (Å²) in [6.45, 7) is 6.49. The molecule has 2 amide bonds. The van der Waals surface area contributed by atoms with E-state index in [4.69, 9.17) is 32.7 Å². The van der Waals surface area contributed by atoms with Gasteiger partial charge in [0.2, 0.25) is 0 Å². The molecule has 0 aromatic heterocycles. The second kappa shape index (κ2) is 9.01. The highest BCUT2D eigenvalue weighted by Crippen LogP contribution is 2.40. The number of amides is 2. The molecule has 0 heterocycles. The topological polar surface area (TPSA) is 59.6 Å². The van der Waals surface area contributed by atoms with Crippen molar-refractivity contribution in [2.45, 2.75) is 26.7 Å². The van der Waals surface area contributed by atoms with E-state index in [2.05, 4.69) is 24.5 Å². The Labute approximate surface area is 163 Å². The van der Waals surface area contributed by atoms with Gasteiger partial charge in [-0.1, -0.05) is 37.0 Å². The minimum atomic E-state index is -0.329. The fourth-order valence-electron chi connectivity index (χ4n) is 2.41. The third-order valence-corrected chi connectivity index (χ3v) is 4.20. The SMILES string of the molecule is CCNC(=O)Nc1cc(Cl)c(Oc2ccc(OC)c(C(C)C)c2)c(Cl)c1. The molecule has 0 radical (unpaired) electrons. The minimum Gasteiger partial charge on any atom is -0.496 e. The minimum absolute atomic E-state index is 0.267. The van der Waals surface area contributed by atoms with E-state index in [0.717, 1.165) is 11.3 Å². The summed E-state index contributed by atoms with van der Waals surface area (Å²) in [5.41, 5.74) is 1.50. The quantitative estimate of drug-likeness (QED) is 0.623. The number of urea groups is 1. The molecule has 2 aromatic rings. The van der Waals surface area contributed by atoms with Crippen molar-refractivity contribution in [1.29, 1.82) is 0 Å². The van der Waals surface area contributed by atoms with Crippen LogP contribution in [-0.2, 0) is 0 Å². The third kappa shape index (κ3) is 4.96. The van der Waals surface area contributed by atoms with Crippen molar-refractivity contribution in [2.75, 3.05) is 19.0 Å². The van der Waals surface area contributed by atoms with Gasteiger partial charge < -0.3 is 20.1 Å². The average molecular weight is 397 g/mol. The summed E-state index contributed by atoms with van der Waals surface area (Å²) in [5.74, 6) is 1.99. The van der Waals surface area contributed by atoms with Gasteiger partial charge in [0.1, 0.15) is 11.5 Å². The summed E-state index contributed by atoms with van der Waals surface area (Å²) in [4.78, 5) is 11.6. The highest BCUT2D eigenvalue weighted by atomic mass is 35.5. The lowest BCUT2D eigenvalue weighted by atomic mass is 10.0. The number of nitrogens with one attached hydrogen (secondary N) is 2. The van der Waals surface area contributed by atoms with E-state index < -0.39 is 0 Å². The van der Waals surface area contributed by atoms with Gasteiger partial charge in [0.05, 0.1) is 17.2 Å². The van der Waals surface area contributed by atoms with Crippen molar-refractivity contribution in [3.05, 3.63) is 45.9 Å². The van der Waals surface area contributed by atoms with Crippen LogP contribution >= 0.6 is 23.2 Å². The number of hydrogen-bond acceptors (Lipinski definition) is 3. The Kier molecular flexibility index (Phi) is 7.00. The first kappa shape index (κ1) is 20.2. The molecular formula is C19H22Cl2N2O3. The maximum atomic E-state index is 11.6. The van der Waals surface area contributed by atoms with Gasteiger partial charge >= 0.3 is 6.03 Å². The predicted octanol–water partition coefficient (Wildman–Crippen LogP) is 6.06. The summed E-state index contributed by atoms with van der Waals surface area (Å²) in [6.07, 6.45) is 0. The lowest BCUT2D eigenvalue weighted by molar-refractivity contribution is 0.252. The van der Waals surface area contributed by atoms with Crippen LogP contribution in [-0.4, -0.2) is 19.7 Å². The van der Waals surface area contributed by atoms with Gasteiger partial charge in [-0.15, -0.1) is 0 Å². The Morgan fingerprint density at radius 3 is 2.35 bits per heavy atom. The van der Waals surface area contributed by atoms with Gasteiger partial charge in [-0.25, -0.2) is 4.79 Å². The van der Waals surface area contributed by atoms with Crippen LogP contribution in [0.2, 0.25) is 10.0 Å². The van der Waals surface area contributed by atoms with Crippen LogP contribution in [0.4, 0.5) is 10.5 Å². The van der Waals surface area contributed by atoms with Crippen LogP contribution in [0.25, 0.3) is 0 Å². The van der Waals surface area contributed by atoms with Crippen LogP contribution in [0.1, 0.15) is 32.3 Å². The van der Waals surface area contributed by atoms with E-state index in [9.17, 15) is 4.79 Å². The van der Waals surface area contributed by atoms with Crippen molar-refractivity contribution >= 4 is 34.9 Å². The highest BCUT2D eigenvalue weighted by Gasteiger charge is 2.14. The van der Waals surface area contributed by atoms with Gasteiger partial charge in [0, 0.05) is 17.8 Å². The van der Waals surface area contributed by atoms with Crippen molar-refractivity contribution in [3.8, 4) is 17.2 Å². The molecule has 0 saturated heterocycles. The Morgan fingerprint density at radius 2 is 1.81 bits per heavy atom. The fourth-order valence-corrected chi connectivity index (χ4v) is 2.97. The zero-order valence-electron chi connectivity index (χ0n) is 15.2. The molecule has 2 N–H and O–H groups in total. The van der Waals surface area contributed by atoms with E-state index in [1.165, 1.54) is 0 Å². The zero-order valence-corrected chi connectivity index (χ0v) is 16.7. The van der Waals surface area contributed by atoms with Crippen LogP contribution < -0.4 is 20.1 Å². The van der Waals surface area contributed by atoms with Crippen LogP contribution in [0.3, 0.4) is 0 Å². The van der Waals surface area contributed by atoms with Crippen molar-refractivity contribution in [3.63, 3.8) is 0 Å². The summed E-state index contributed by atoms with van der Waals surface area (Å²) in [6, 6.07) is 8.38. The number of carbonyl (C=O) groups is 1. The molecule has 2 aromatic carbocycles. The lowest BCUT2D eigenvalue weighted by Crippen LogP contribution is -2.28. The molecule has 2 rings (SSSR count). The molecule has 7 heteroatoms. The maximum absolute atomic E-state index is 11.6. The second-order valence-corrected chi connectivity index (χ2v) is 6.73. The van der Waals surface area contributed by atoms with E-state index in [-0.39, 0.29) is 11.9 Å². The Bertz CT molecular complexity index is 771. The van der Waals surface area contributed by atoms with Crippen LogP contribution in [0.5, 0.6) is 17.2 Å². The molecule has 0 aliphatic heterocycles. The van der Waals surface area contributed by atoms with Crippen molar-refractivity contribution < 1.29 is 14.3 Å². The van der Waals surface area contributed by atoms with E-state index in [0.29, 0.717) is 33.8 Å². The molecule has 0 aliphatic carbocycles. The molecule has 26 heavy (non-hydrogen) atoms. The third-order valence-electron chi connectivity index (χ3n) is 3.64. The van der Waals surface area contributed by atoms with Gasteiger partial charge in [0.15, 0.2) is 5.75 Å². The molecular weight excluding hydrogens is 375 g/mol. The number of methoxy groups -OCH3 is 1. The Hall–Kier alpha value is -2.11. The normalized spacial score (nSPS) is 10.6. The van der Waals surface area contributed by atoms with E-state index in [1.54, 1.807) is 25.3 Å². The van der Waals surface area contributed by atoms with Gasteiger partial charge in [-0.3, -0.25) is 0 Å². The van der Waals surface area contributed by atoms with Crippen LogP contribution in [0.15, 0.2) is 30.3 Å². The van der Waals surface area contributed by atoms with Crippen molar-refractivity contribution in [2.24, 2.45) is 0 Å². The van der Waals surface area contributed by atoms with E-state index >= 15 is 0 Å². The second-order valence-electron chi connectivity index (χ2n) is 5.91. The molecule has 0 saturated carbocycles. The zero-order chi connectivity index (χ0) is 19.3. The highest BCUT2D eigenvalue weighted by molar-refractivity contribution is 6.37. The number of benzene rings is 2.